The van der Waals surface area contributed by atoms with Gasteiger partial charge in [0.05, 0.1) is 0 Å². The number of carbonyl (C=O) groups is 3. The predicted octanol–water partition coefficient (Wildman–Crippen LogP) is 5.54. The van der Waals surface area contributed by atoms with Crippen LogP contribution in [-0.2, 0) is 25.3 Å². The fourth-order valence-electron chi connectivity index (χ4n) is 3.65. The zero-order valence-electron chi connectivity index (χ0n) is 23.3. The molecular weight excluding hydrogens is 559 g/mol. The van der Waals surface area contributed by atoms with Gasteiger partial charge in [-0.2, -0.15) is 0 Å². The number of amides is 3. The molecule has 0 aliphatic rings. The molecule has 0 aliphatic heterocycles. The van der Waals surface area contributed by atoms with E-state index in [1.54, 1.807) is 48.5 Å². The highest BCUT2D eigenvalue weighted by Gasteiger charge is 2.43. The lowest BCUT2D eigenvalue weighted by atomic mass is 10.1. The molecule has 0 spiro atoms. The van der Waals surface area contributed by atoms with Crippen LogP contribution in [0.3, 0.4) is 0 Å². The number of alkyl carbamates (subject to hydrolysis) is 1. The van der Waals surface area contributed by atoms with E-state index in [0.717, 1.165) is 0 Å². The Kier molecular flexibility index (Phi) is 11.4. The molecule has 5 N–H and O–H groups in total. The van der Waals surface area contributed by atoms with Crippen LogP contribution in [0.25, 0.3) is 0 Å². The van der Waals surface area contributed by atoms with Gasteiger partial charge in [0, 0.05) is 50.3 Å². The largest absolute Gasteiger partial charge is 0.471 e. The second kappa shape index (κ2) is 15.2. The molecule has 12 heteroatoms. The highest BCUT2D eigenvalue weighted by atomic mass is 31.2. The molecule has 42 heavy (non-hydrogen) atoms. The standard InChI is InChI=1S/C30H33N4O7P/c1-4-5-6-19-32-30(37)39-29(20-23-7-9-24(31)10-8-23)42(38,40-27-15-11-25(12-16-27)33-21(2)35)41-28-17-13-26(14-18-28)34-22(3)36/h1,7-18,29H,5-6,19-20,31H2,2-3H3,(H,32,37)(H,33,35)(H,34,36). The lowest BCUT2D eigenvalue weighted by Gasteiger charge is -2.27. The van der Waals surface area contributed by atoms with Crippen LogP contribution in [0.1, 0.15) is 32.3 Å². The number of anilines is 3. The van der Waals surface area contributed by atoms with Crippen molar-refractivity contribution < 1.29 is 32.7 Å². The smallest absolute Gasteiger partial charge is 0.430 e. The lowest BCUT2D eigenvalue weighted by molar-refractivity contribution is -0.115. The van der Waals surface area contributed by atoms with Crippen molar-refractivity contribution >= 4 is 42.6 Å². The number of hydrogen-bond donors (Lipinski definition) is 4. The second-order valence-corrected chi connectivity index (χ2v) is 11.2. The number of unbranched alkanes of at least 4 members (excludes halogenated alkanes) is 1. The van der Waals surface area contributed by atoms with Crippen LogP contribution in [0.15, 0.2) is 72.8 Å². The van der Waals surface area contributed by atoms with E-state index in [-0.39, 0.29) is 36.3 Å². The average molecular weight is 593 g/mol. The van der Waals surface area contributed by atoms with Crippen LogP contribution in [-0.4, -0.2) is 30.3 Å². The molecular formula is C30H33N4O7P. The first-order valence-electron chi connectivity index (χ1n) is 13.0. The van der Waals surface area contributed by atoms with E-state index in [2.05, 4.69) is 21.9 Å². The van der Waals surface area contributed by atoms with Gasteiger partial charge in [0.1, 0.15) is 11.5 Å². The maximum absolute atomic E-state index is 14.6. The van der Waals surface area contributed by atoms with Gasteiger partial charge >= 0.3 is 13.7 Å². The van der Waals surface area contributed by atoms with Crippen molar-refractivity contribution in [3.63, 3.8) is 0 Å². The second-order valence-electron chi connectivity index (χ2n) is 9.17. The average Bonchev–Trinajstić information content (AvgIpc) is 2.93. The zero-order valence-corrected chi connectivity index (χ0v) is 24.2. The normalized spacial score (nSPS) is 11.4. The summed E-state index contributed by atoms with van der Waals surface area (Å²) >= 11 is 0. The molecule has 0 aromatic heterocycles. The van der Waals surface area contributed by atoms with Crippen LogP contribution >= 0.6 is 7.60 Å². The highest BCUT2D eigenvalue weighted by molar-refractivity contribution is 7.55. The van der Waals surface area contributed by atoms with Crippen molar-refractivity contribution in [2.24, 2.45) is 0 Å². The van der Waals surface area contributed by atoms with Gasteiger partial charge in [-0.1, -0.05) is 12.1 Å². The number of benzene rings is 3. The Balaban J connectivity index is 1.97. The van der Waals surface area contributed by atoms with E-state index in [9.17, 15) is 18.9 Å². The van der Waals surface area contributed by atoms with Gasteiger partial charge in [-0.05, 0) is 72.6 Å². The first kappa shape index (κ1) is 31.6. The Morgan fingerprint density at radius 3 is 1.81 bits per heavy atom. The molecule has 3 amide bonds. The summed E-state index contributed by atoms with van der Waals surface area (Å²) in [6.07, 6.45) is 5.40. The Hall–Kier alpha value is -4.94. The summed E-state index contributed by atoms with van der Waals surface area (Å²) in [5.41, 5.74) is 8.01. The minimum Gasteiger partial charge on any atom is -0.430 e. The van der Waals surface area contributed by atoms with Crippen LogP contribution in [0, 0.1) is 12.3 Å². The molecule has 3 aromatic rings. The Morgan fingerprint density at radius 1 is 0.857 bits per heavy atom. The van der Waals surface area contributed by atoms with E-state index < -0.39 is 19.5 Å². The molecule has 0 heterocycles. The topological polar surface area (TPSA) is 158 Å². The summed E-state index contributed by atoms with van der Waals surface area (Å²) in [6.45, 7) is 3.00. The van der Waals surface area contributed by atoms with Crippen molar-refractivity contribution in [1.82, 2.24) is 5.32 Å². The number of nitrogen functional groups attached to an aromatic ring is 1. The highest BCUT2D eigenvalue weighted by Crippen LogP contribution is 2.54. The van der Waals surface area contributed by atoms with Gasteiger partial charge in [0.15, 0.2) is 0 Å². The van der Waals surface area contributed by atoms with E-state index in [0.29, 0.717) is 35.5 Å². The molecule has 0 bridgehead atoms. The molecule has 11 nitrogen and oxygen atoms in total. The van der Waals surface area contributed by atoms with Crippen LogP contribution in [0.5, 0.6) is 11.5 Å². The summed E-state index contributed by atoms with van der Waals surface area (Å²) in [4.78, 5) is 35.6. The number of ether oxygens (including phenoxy) is 1. The molecule has 220 valence electrons. The molecule has 3 aromatic carbocycles. The monoisotopic (exact) mass is 592 g/mol. The SMILES string of the molecule is C#CCCCNC(=O)OC(Cc1ccc(N)cc1)P(=O)(Oc1ccc(NC(C)=O)cc1)Oc1ccc(NC(C)=O)cc1. The van der Waals surface area contributed by atoms with Gasteiger partial charge < -0.3 is 35.5 Å². The summed E-state index contributed by atoms with van der Waals surface area (Å²) in [5, 5.41) is 7.89. The quantitative estimate of drug-likeness (QED) is 0.0871. The van der Waals surface area contributed by atoms with E-state index in [1.807, 2.05) is 0 Å². The van der Waals surface area contributed by atoms with E-state index in [1.165, 1.54) is 38.1 Å². The maximum atomic E-state index is 14.6. The Morgan fingerprint density at radius 2 is 1.36 bits per heavy atom. The van der Waals surface area contributed by atoms with Crippen molar-refractivity contribution in [2.45, 2.75) is 39.0 Å². The van der Waals surface area contributed by atoms with E-state index in [4.69, 9.17) is 25.9 Å². The van der Waals surface area contributed by atoms with E-state index >= 15 is 0 Å². The third-order valence-corrected chi connectivity index (χ3v) is 7.49. The summed E-state index contributed by atoms with van der Waals surface area (Å²) in [6, 6.07) is 19.0. The molecule has 3 rings (SSSR count). The molecule has 0 saturated carbocycles. The van der Waals surface area contributed by atoms with Crippen molar-refractivity contribution in [3.05, 3.63) is 78.4 Å². The Bertz CT molecular complexity index is 1390. The number of nitrogens with one attached hydrogen (secondary N) is 3. The number of carbonyl (C=O) groups excluding carboxylic acids is 3. The third kappa shape index (κ3) is 10.2. The number of hydrogen-bond acceptors (Lipinski definition) is 8. The minimum atomic E-state index is -4.36. The lowest BCUT2D eigenvalue weighted by Crippen LogP contribution is -2.32. The molecule has 0 aliphatic carbocycles. The fraction of sp³-hybridized carbons (Fsp3) is 0.233. The van der Waals surface area contributed by atoms with Gasteiger partial charge in [0.25, 0.3) is 0 Å². The fourth-order valence-corrected chi connectivity index (χ4v) is 5.42. The van der Waals surface area contributed by atoms with Crippen LogP contribution < -0.4 is 30.7 Å². The number of rotatable bonds is 13. The third-order valence-electron chi connectivity index (χ3n) is 5.57. The first-order valence-corrected chi connectivity index (χ1v) is 14.6. The molecule has 0 saturated heterocycles. The molecule has 1 unspecified atom stereocenters. The molecule has 0 fully saturated rings. The van der Waals surface area contributed by atoms with Gasteiger partial charge in [-0.3, -0.25) is 9.59 Å². The van der Waals surface area contributed by atoms with Crippen molar-refractivity contribution in [2.75, 3.05) is 22.9 Å². The van der Waals surface area contributed by atoms with Gasteiger partial charge in [-0.15, -0.1) is 12.3 Å². The summed E-state index contributed by atoms with van der Waals surface area (Å²) in [7, 11) is -4.36. The minimum absolute atomic E-state index is 0.0384. The van der Waals surface area contributed by atoms with Gasteiger partial charge in [-0.25, -0.2) is 9.36 Å². The first-order chi connectivity index (χ1) is 20.1. The Labute approximate surface area is 244 Å². The maximum Gasteiger partial charge on any atom is 0.471 e. The number of nitrogens with two attached hydrogens (primary N) is 1. The predicted molar refractivity (Wildman–Crippen MR) is 161 cm³/mol. The van der Waals surface area contributed by atoms with Crippen molar-refractivity contribution in [3.8, 4) is 23.8 Å². The van der Waals surface area contributed by atoms with Gasteiger partial charge in [0.2, 0.25) is 17.7 Å². The molecule has 1 atom stereocenters. The van der Waals surface area contributed by atoms with Crippen LogP contribution in [0.2, 0.25) is 0 Å². The molecule has 0 radical (unpaired) electrons. The summed E-state index contributed by atoms with van der Waals surface area (Å²) < 4.78 is 32.2. The zero-order chi connectivity index (χ0) is 30.5. The number of terminal acetylenes is 1. The summed E-state index contributed by atoms with van der Waals surface area (Å²) in [5.74, 6) is 0.855. The van der Waals surface area contributed by atoms with Crippen molar-refractivity contribution in [1.29, 1.82) is 0 Å². The van der Waals surface area contributed by atoms with Crippen LogP contribution in [0.4, 0.5) is 21.9 Å².